The molecule has 0 aromatic rings. The van der Waals surface area contributed by atoms with Gasteiger partial charge < -0.3 is 5.11 Å². The van der Waals surface area contributed by atoms with Gasteiger partial charge in [-0.15, -0.1) is 0 Å². The zero-order valence-electron chi connectivity index (χ0n) is 11.2. The Morgan fingerprint density at radius 3 is 2.44 bits per heavy atom. The second-order valence-corrected chi connectivity index (χ2v) is 7.94. The van der Waals surface area contributed by atoms with E-state index in [1.165, 1.54) is 25.7 Å². The quantitative estimate of drug-likeness (QED) is 0.664. The van der Waals surface area contributed by atoms with Crippen LogP contribution in [-0.2, 0) is 0 Å². The van der Waals surface area contributed by atoms with Crippen LogP contribution in [0.15, 0.2) is 0 Å². The number of hydrogen-bond acceptors (Lipinski definition) is 1. The van der Waals surface area contributed by atoms with Crippen LogP contribution < -0.4 is 0 Å². The summed E-state index contributed by atoms with van der Waals surface area (Å²) >= 11 is 0. The van der Waals surface area contributed by atoms with E-state index in [0.717, 1.165) is 18.3 Å². The van der Waals surface area contributed by atoms with Gasteiger partial charge in [-0.3, -0.25) is 0 Å². The average Bonchev–Trinajstić information content (AvgIpc) is 2.73. The largest absolute Gasteiger partial charge is 0.389 e. The summed E-state index contributed by atoms with van der Waals surface area (Å²) in [5.74, 6) is 2.07. The number of hydrogen-bond donors (Lipinski definition) is 1. The first-order chi connectivity index (χ1) is 7.29. The molecule has 0 spiro atoms. The van der Waals surface area contributed by atoms with E-state index in [-0.39, 0.29) is 11.0 Å². The zero-order chi connectivity index (χ0) is 11.8. The molecular weight excluding hydrogens is 196 g/mol. The molecular formula is C15H26O. The fourth-order valence-corrected chi connectivity index (χ4v) is 5.01. The molecule has 16 heavy (non-hydrogen) atoms. The summed E-state index contributed by atoms with van der Waals surface area (Å²) in [6, 6.07) is 0. The molecule has 3 aliphatic carbocycles. The average molecular weight is 222 g/mol. The summed E-state index contributed by atoms with van der Waals surface area (Å²) in [7, 11) is 0. The van der Waals surface area contributed by atoms with E-state index in [1.807, 2.05) is 0 Å². The van der Waals surface area contributed by atoms with E-state index in [2.05, 4.69) is 27.7 Å². The highest BCUT2D eigenvalue weighted by molar-refractivity contribution is 5.19. The molecule has 3 saturated carbocycles. The van der Waals surface area contributed by atoms with Gasteiger partial charge in [-0.25, -0.2) is 0 Å². The Morgan fingerprint density at radius 1 is 1.06 bits per heavy atom. The van der Waals surface area contributed by atoms with Crippen LogP contribution in [0.4, 0.5) is 0 Å². The van der Waals surface area contributed by atoms with Crippen LogP contribution in [0.5, 0.6) is 0 Å². The predicted octanol–water partition coefficient (Wildman–Crippen LogP) is 3.61. The van der Waals surface area contributed by atoms with Crippen molar-refractivity contribution < 1.29 is 5.11 Å². The minimum absolute atomic E-state index is 0.260. The first-order valence-electron chi connectivity index (χ1n) is 7.01. The Labute approximate surface area is 99.6 Å². The summed E-state index contributed by atoms with van der Waals surface area (Å²) in [6.07, 6.45) is 6.13. The van der Waals surface area contributed by atoms with E-state index >= 15 is 0 Å². The van der Waals surface area contributed by atoms with Crippen LogP contribution in [0.1, 0.15) is 59.8 Å². The topological polar surface area (TPSA) is 20.2 Å². The molecule has 5 atom stereocenters. The van der Waals surface area contributed by atoms with Gasteiger partial charge >= 0.3 is 0 Å². The number of fused-ring (bicyclic) bond motifs is 3. The van der Waals surface area contributed by atoms with Crippen LogP contribution in [0.25, 0.3) is 0 Å². The van der Waals surface area contributed by atoms with Gasteiger partial charge in [0.1, 0.15) is 0 Å². The molecule has 3 aliphatic rings. The van der Waals surface area contributed by atoms with Gasteiger partial charge in [0.25, 0.3) is 0 Å². The van der Waals surface area contributed by atoms with Crippen LogP contribution >= 0.6 is 0 Å². The van der Waals surface area contributed by atoms with Crippen molar-refractivity contribution in [3.8, 4) is 0 Å². The third-order valence-electron chi connectivity index (χ3n) is 6.25. The molecule has 0 aromatic carbocycles. The molecule has 5 unspecified atom stereocenters. The first-order valence-corrected chi connectivity index (χ1v) is 7.01. The smallest absolute Gasteiger partial charge is 0.0734 e. The van der Waals surface area contributed by atoms with Crippen molar-refractivity contribution in [2.75, 3.05) is 0 Å². The van der Waals surface area contributed by atoms with Crippen molar-refractivity contribution in [3.63, 3.8) is 0 Å². The Morgan fingerprint density at radius 2 is 1.75 bits per heavy atom. The molecule has 0 radical (unpaired) electrons. The minimum Gasteiger partial charge on any atom is -0.389 e. The molecule has 0 heterocycles. The third-order valence-corrected chi connectivity index (χ3v) is 6.25. The lowest BCUT2D eigenvalue weighted by Gasteiger charge is -2.39. The van der Waals surface area contributed by atoms with E-state index in [1.54, 1.807) is 0 Å². The van der Waals surface area contributed by atoms with Gasteiger partial charge in [0.15, 0.2) is 0 Å². The molecule has 0 bridgehead atoms. The first kappa shape index (κ1) is 11.1. The maximum atomic E-state index is 11.2. The summed E-state index contributed by atoms with van der Waals surface area (Å²) in [6.45, 7) is 9.51. The number of rotatable bonds is 0. The molecule has 0 amide bonds. The lowest BCUT2D eigenvalue weighted by molar-refractivity contribution is -0.0717. The molecule has 0 aromatic heterocycles. The van der Waals surface area contributed by atoms with Crippen molar-refractivity contribution in [2.24, 2.45) is 28.6 Å². The maximum absolute atomic E-state index is 11.2. The normalized spacial score (nSPS) is 58.7. The van der Waals surface area contributed by atoms with Gasteiger partial charge in [0.2, 0.25) is 0 Å². The molecule has 1 nitrogen and oxygen atoms in total. The molecule has 3 rings (SSSR count). The fourth-order valence-electron chi connectivity index (χ4n) is 5.01. The summed E-state index contributed by atoms with van der Waals surface area (Å²) < 4.78 is 0. The Kier molecular flexibility index (Phi) is 1.98. The summed E-state index contributed by atoms with van der Waals surface area (Å²) in [4.78, 5) is 0. The minimum atomic E-state index is -0.329. The lowest BCUT2D eigenvalue weighted by Crippen LogP contribution is -2.43. The SMILES string of the molecule is CC1CCC2(O)C1CC(C)(C)CC1CC12C. The summed E-state index contributed by atoms with van der Waals surface area (Å²) in [5.41, 5.74) is 0.372. The monoisotopic (exact) mass is 222 g/mol. The zero-order valence-corrected chi connectivity index (χ0v) is 11.2. The van der Waals surface area contributed by atoms with Crippen molar-refractivity contribution in [3.05, 3.63) is 0 Å². The van der Waals surface area contributed by atoms with Crippen LogP contribution in [0, 0.1) is 28.6 Å². The van der Waals surface area contributed by atoms with Gasteiger partial charge in [-0.05, 0) is 60.7 Å². The number of aliphatic hydroxyl groups is 1. The highest BCUT2D eigenvalue weighted by Gasteiger charge is 2.69. The van der Waals surface area contributed by atoms with Gasteiger partial charge in [-0.1, -0.05) is 27.7 Å². The Hall–Kier alpha value is -0.0400. The standard InChI is InChI=1S/C15H26O/c1-10-5-6-15(16)12(10)9-13(2,3)7-11-8-14(11,15)4/h10-12,16H,5-9H2,1-4H3. The van der Waals surface area contributed by atoms with Crippen molar-refractivity contribution in [1.82, 2.24) is 0 Å². The van der Waals surface area contributed by atoms with E-state index in [4.69, 9.17) is 0 Å². The van der Waals surface area contributed by atoms with E-state index in [0.29, 0.717) is 11.3 Å². The fraction of sp³-hybridized carbons (Fsp3) is 1.00. The molecule has 0 aliphatic heterocycles. The predicted molar refractivity (Wildman–Crippen MR) is 66.1 cm³/mol. The molecule has 92 valence electrons. The Bertz CT molecular complexity index is 321. The molecule has 1 heteroatoms. The van der Waals surface area contributed by atoms with Gasteiger partial charge in [0, 0.05) is 0 Å². The van der Waals surface area contributed by atoms with Gasteiger partial charge in [-0.2, -0.15) is 0 Å². The van der Waals surface area contributed by atoms with Crippen LogP contribution in [0.2, 0.25) is 0 Å². The highest BCUT2D eigenvalue weighted by atomic mass is 16.3. The second-order valence-electron chi connectivity index (χ2n) is 7.94. The van der Waals surface area contributed by atoms with Gasteiger partial charge in [0.05, 0.1) is 5.60 Å². The Balaban J connectivity index is 2.01. The van der Waals surface area contributed by atoms with Crippen LogP contribution in [0.3, 0.4) is 0 Å². The molecule has 3 fully saturated rings. The van der Waals surface area contributed by atoms with E-state index in [9.17, 15) is 5.11 Å². The highest BCUT2D eigenvalue weighted by Crippen LogP contribution is 2.71. The molecule has 0 saturated heterocycles. The molecule has 1 N–H and O–H groups in total. The van der Waals surface area contributed by atoms with Crippen molar-refractivity contribution in [2.45, 2.75) is 65.4 Å². The van der Waals surface area contributed by atoms with E-state index < -0.39 is 0 Å². The lowest BCUT2D eigenvalue weighted by atomic mass is 9.71. The third kappa shape index (κ3) is 1.21. The summed E-state index contributed by atoms with van der Waals surface area (Å²) in [5, 5.41) is 11.2. The van der Waals surface area contributed by atoms with Crippen molar-refractivity contribution in [1.29, 1.82) is 0 Å². The van der Waals surface area contributed by atoms with Crippen LogP contribution in [-0.4, -0.2) is 10.7 Å². The maximum Gasteiger partial charge on any atom is 0.0734 e. The second kappa shape index (κ2) is 2.85. The van der Waals surface area contributed by atoms with Crippen molar-refractivity contribution >= 4 is 0 Å².